The molecule has 0 radical (unpaired) electrons. The third-order valence-electron chi connectivity index (χ3n) is 7.20. The number of hydrogen-bond acceptors (Lipinski definition) is 4. The first kappa shape index (κ1) is 22.8. The summed E-state index contributed by atoms with van der Waals surface area (Å²) in [6.45, 7) is 2.68. The normalized spacial score (nSPS) is 20.8. The fraction of sp³-hybridized carbons (Fsp3) is 0.462. The minimum Gasteiger partial charge on any atom is -0.377 e. The Morgan fingerprint density at radius 3 is 2.82 bits per heavy atom. The molecule has 0 spiro atoms. The Labute approximate surface area is 198 Å². The number of benzene rings is 1. The highest BCUT2D eigenvalue weighted by atomic mass is 19.1. The van der Waals surface area contributed by atoms with Gasteiger partial charge >= 0.3 is 0 Å². The number of aromatic nitrogens is 1. The van der Waals surface area contributed by atoms with Crippen LogP contribution in [0.4, 0.5) is 10.1 Å². The zero-order valence-corrected chi connectivity index (χ0v) is 19.4. The summed E-state index contributed by atoms with van der Waals surface area (Å²) in [6.07, 6.45) is 8.12. The van der Waals surface area contributed by atoms with Crippen LogP contribution < -0.4 is 10.6 Å². The van der Waals surface area contributed by atoms with Gasteiger partial charge in [0.1, 0.15) is 12.0 Å². The summed E-state index contributed by atoms with van der Waals surface area (Å²) >= 11 is 0. The van der Waals surface area contributed by atoms with Crippen molar-refractivity contribution in [2.45, 2.75) is 64.1 Å². The van der Waals surface area contributed by atoms with Gasteiger partial charge in [0.2, 0.25) is 0 Å². The van der Waals surface area contributed by atoms with Gasteiger partial charge in [0.15, 0.2) is 0 Å². The standard InChI is InChI=1S/C26H31FN4O3/c1-15-22(13-19-18-12-16(27)9-10-20(18)30-25(19)33)29-21-8-5-11-31(26(34)24(15)21)14-23(32)28-17-6-3-2-4-7-17/h9-10,12-13,17,23,28-29,32H,2-8,11,14H2,1H3,(H,30,33)/b19-13-/t23-/m0/s1. The summed E-state index contributed by atoms with van der Waals surface area (Å²) in [5.74, 6) is -0.821. The van der Waals surface area contributed by atoms with Crippen LogP contribution in [0.15, 0.2) is 18.2 Å². The number of aliphatic hydroxyl groups is 1. The maximum atomic E-state index is 13.8. The van der Waals surface area contributed by atoms with Crippen LogP contribution in [0.25, 0.3) is 11.6 Å². The smallest absolute Gasteiger partial charge is 0.256 e. The molecule has 34 heavy (non-hydrogen) atoms. The lowest BCUT2D eigenvalue weighted by Gasteiger charge is -2.29. The van der Waals surface area contributed by atoms with Crippen molar-refractivity contribution in [1.82, 2.24) is 15.2 Å². The number of nitrogens with one attached hydrogen (secondary N) is 3. The maximum absolute atomic E-state index is 13.8. The van der Waals surface area contributed by atoms with Crippen LogP contribution in [0.3, 0.4) is 0 Å². The molecule has 1 aromatic heterocycles. The average molecular weight is 467 g/mol. The molecular weight excluding hydrogens is 435 g/mol. The number of amides is 2. The number of β-amino-alcohol motifs (C(OH)–C–C–N with tert-alkyl or cyclic N) is 1. The first-order valence-electron chi connectivity index (χ1n) is 12.2. The highest BCUT2D eigenvalue weighted by Gasteiger charge is 2.30. The molecule has 3 heterocycles. The summed E-state index contributed by atoms with van der Waals surface area (Å²) < 4.78 is 13.8. The van der Waals surface area contributed by atoms with Crippen molar-refractivity contribution in [1.29, 1.82) is 0 Å². The molecule has 0 bridgehead atoms. The van der Waals surface area contributed by atoms with Gasteiger partial charge in [-0.2, -0.15) is 0 Å². The molecule has 2 amide bonds. The molecule has 8 heteroatoms. The van der Waals surface area contributed by atoms with E-state index in [9.17, 15) is 19.1 Å². The van der Waals surface area contributed by atoms with Gasteiger partial charge in [-0.15, -0.1) is 0 Å². The molecule has 2 aromatic rings. The second-order valence-electron chi connectivity index (χ2n) is 9.59. The number of aliphatic hydroxyl groups excluding tert-OH is 1. The van der Waals surface area contributed by atoms with Gasteiger partial charge in [0.25, 0.3) is 11.8 Å². The monoisotopic (exact) mass is 466 g/mol. The van der Waals surface area contributed by atoms with Crippen LogP contribution in [-0.4, -0.2) is 52.2 Å². The minimum atomic E-state index is -0.761. The molecule has 180 valence electrons. The van der Waals surface area contributed by atoms with Gasteiger partial charge in [-0.1, -0.05) is 19.3 Å². The predicted molar refractivity (Wildman–Crippen MR) is 129 cm³/mol. The molecular formula is C26H31FN4O3. The second-order valence-corrected chi connectivity index (χ2v) is 9.59. The molecule has 1 aromatic carbocycles. The Morgan fingerprint density at radius 1 is 1.24 bits per heavy atom. The number of carbonyl (C=O) groups excluding carboxylic acids is 2. The number of nitrogens with zero attached hydrogens (tertiary/aromatic N) is 1. The van der Waals surface area contributed by atoms with Crippen LogP contribution in [0.1, 0.15) is 71.4 Å². The lowest BCUT2D eigenvalue weighted by atomic mass is 9.95. The van der Waals surface area contributed by atoms with Gasteiger partial charge in [-0.25, -0.2) is 4.39 Å². The molecule has 7 nitrogen and oxygen atoms in total. The number of H-pyrrole nitrogens is 1. The van der Waals surface area contributed by atoms with Crippen molar-refractivity contribution >= 4 is 29.2 Å². The zero-order chi connectivity index (χ0) is 23.8. The molecule has 5 rings (SSSR count). The number of aromatic amines is 1. The lowest BCUT2D eigenvalue weighted by molar-refractivity contribution is -0.110. The summed E-state index contributed by atoms with van der Waals surface area (Å²) in [7, 11) is 0. The highest BCUT2D eigenvalue weighted by Crippen LogP contribution is 2.35. The van der Waals surface area contributed by atoms with Crippen molar-refractivity contribution in [2.24, 2.45) is 0 Å². The molecule has 1 saturated carbocycles. The minimum absolute atomic E-state index is 0.113. The van der Waals surface area contributed by atoms with Crippen LogP contribution in [0, 0.1) is 12.7 Å². The van der Waals surface area contributed by atoms with Crippen LogP contribution >= 0.6 is 0 Å². The fourth-order valence-corrected chi connectivity index (χ4v) is 5.43. The van der Waals surface area contributed by atoms with Crippen molar-refractivity contribution in [3.05, 3.63) is 52.1 Å². The number of anilines is 1. The molecule has 3 aliphatic rings. The van der Waals surface area contributed by atoms with E-state index < -0.39 is 12.0 Å². The molecule has 2 aliphatic heterocycles. The topological polar surface area (TPSA) is 97.5 Å². The molecule has 1 fully saturated rings. The lowest BCUT2D eigenvalue weighted by Crippen LogP contribution is -2.47. The molecule has 0 saturated heterocycles. The Bertz CT molecular complexity index is 1150. The van der Waals surface area contributed by atoms with Gasteiger partial charge in [0, 0.05) is 35.2 Å². The van der Waals surface area contributed by atoms with E-state index in [2.05, 4.69) is 15.6 Å². The number of fused-ring (bicyclic) bond motifs is 2. The molecule has 1 atom stereocenters. The van der Waals surface area contributed by atoms with Gasteiger partial charge in [-0.3, -0.25) is 14.9 Å². The SMILES string of the molecule is Cc1c(/C=C2\C(=O)Nc3ccc(F)cc32)[nH]c2c1C(=O)N(C[C@H](O)NC1CCCCC1)CCC2. The summed E-state index contributed by atoms with van der Waals surface area (Å²) in [5, 5.41) is 16.7. The maximum Gasteiger partial charge on any atom is 0.256 e. The average Bonchev–Trinajstić information content (AvgIpc) is 3.23. The van der Waals surface area contributed by atoms with Crippen molar-refractivity contribution in [3.8, 4) is 0 Å². The van der Waals surface area contributed by atoms with E-state index in [1.807, 2.05) is 6.92 Å². The summed E-state index contributed by atoms with van der Waals surface area (Å²) in [4.78, 5) is 31.0. The van der Waals surface area contributed by atoms with Gasteiger partial charge < -0.3 is 20.3 Å². The number of carbonyl (C=O) groups is 2. The first-order chi connectivity index (χ1) is 16.4. The van der Waals surface area contributed by atoms with Crippen molar-refractivity contribution in [3.63, 3.8) is 0 Å². The zero-order valence-electron chi connectivity index (χ0n) is 19.4. The van der Waals surface area contributed by atoms with E-state index >= 15 is 0 Å². The Hall–Kier alpha value is -2.97. The van der Waals surface area contributed by atoms with Crippen LogP contribution in [-0.2, 0) is 11.2 Å². The van der Waals surface area contributed by atoms with Crippen molar-refractivity contribution in [2.75, 3.05) is 18.4 Å². The van der Waals surface area contributed by atoms with E-state index in [-0.39, 0.29) is 18.4 Å². The number of hydrogen-bond donors (Lipinski definition) is 4. The Kier molecular flexibility index (Phi) is 6.27. The summed E-state index contributed by atoms with van der Waals surface area (Å²) in [6, 6.07) is 4.51. The third kappa shape index (κ3) is 4.40. The van der Waals surface area contributed by atoms with E-state index in [0.717, 1.165) is 30.5 Å². The first-order valence-corrected chi connectivity index (χ1v) is 12.2. The fourth-order valence-electron chi connectivity index (χ4n) is 5.43. The predicted octanol–water partition coefficient (Wildman–Crippen LogP) is 3.58. The van der Waals surface area contributed by atoms with Crippen LogP contribution in [0.2, 0.25) is 0 Å². The van der Waals surface area contributed by atoms with E-state index in [1.54, 1.807) is 17.0 Å². The summed E-state index contributed by atoms with van der Waals surface area (Å²) in [5.41, 5.74) is 4.32. The van der Waals surface area contributed by atoms with E-state index in [0.29, 0.717) is 47.1 Å². The van der Waals surface area contributed by atoms with Crippen LogP contribution in [0.5, 0.6) is 0 Å². The largest absolute Gasteiger partial charge is 0.377 e. The highest BCUT2D eigenvalue weighted by molar-refractivity contribution is 6.34. The molecule has 4 N–H and O–H groups in total. The van der Waals surface area contributed by atoms with E-state index in [1.165, 1.54) is 31.4 Å². The van der Waals surface area contributed by atoms with Gasteiger partial charge in [-0.05, 0) is 62.4 Å². The number of rotatable bonds is 5. The Morgan fingerprint density at radius 2 is 2.03 bits per heavy atom. The molecule has 1 aliphatic carbocycles. The molecule has 0 unspecified atom stereocenters. The van der Waals surface area contributed by atoms with Crippen molar-refractivity contribution < 1.29 is 19.1 Å². The number of aryl methyl sites for hydroxylation is 1. The van der Waals surface area contributed by atoms with E-state index in [4.69, 9.17) is 0 Å². The Balaban J connectivity index is 1.38. The second kappa shape index (κ2) is 9.35. The van der Waals surface area contributed by atoms with Gasteiger partial charge in [0.05, 0.1) is 17.7 Å². The number of halogens is 1. The quantitative estimate of drug-likeness (QED) is 0.400. The third-order valence-corrected chi connectivity index (χ3v) is 7.20.